The first-order chi connectivity index (χ1) is 14.6. The number of carbonyl (C=O) groups is 1. The number of ether oxygens (including phenoxy) is 2. The third-order valence-corrected chi connectivity index (χ3v) is 6.33. The number of anilines is 2. The summed E-state index contributed by atoms with van der Waals surface area (Å²) in [6, 6.07) is 0. The Hall–Kier alpha value is -3.05. The minimum atomic E-state index is -0.316. The van der Waals surface area contributed by atoms with E-state index in [-0.39, 0.29) is 12.0 Å². The molecule has 0 unspecified atom stereocenters. The fourth-order valence-electron chi connectivity index (χ4n) is 3.68. The number of fused-ring (bicyclic) bond motifs is 3. The predicted molar refractivity (Wildman–Crippen MR) is 111 cm³/mol. The van der Waals surface area contributed by atoms with E-state index in [1.165, 1.54) is 0 Å². The van der Waals surface area contributed by atoms with E-state index >= 15 is 0 Å². The van der Waals surface area contributed by atoms with Crippen molar-refractivity contribution in [3.05, 3.63) is 23.7 Å². The fourth-order valence-corrected chi connectivity index (χ4v) is 4.85. The zero-order valence-electron chi connectivity index (χ0n) is 16.5. The van der Waals surface area contributed by atoms with Crippen molar-refractivity contribution in [3.63, 3.8) is 0 Å². The van der Waals surface area contributed by atoms with Gasteiger partial charge in [-0.1, -0.05) is 11.3 Å². The highest BCUT2D eigenvalue weighted by molar-refractivity contribution is 7.19. The van der Waals surface area contributed by atoms with Crippen LogP contribution in [0.4, 0.5) is 15.9 Å². The van der Waals surface area contributed by atoms with Gasteiger partial charge in [0.1, 0.15) is 11.4 Å². The molecule has 5 rings (SSSR count). The van der Waals surface area contributed by atoms with E-state index in [4.69, 9.17) is 25.2 Å². The molecule has 0 saturated carbocycles. The largest absolute Gasteiger partial charge is 0.450 e. The number of morpholine rings is 1. The summed E-state index contributed by atoms with van der Waals surface area (Å²) in [6.07, 6.45) is 3.02. The Bertz CT molecular complexity index is 1050. The molecule has 0 aromatic carbocycles. The van der Waals surface area contributed by atoms with Gasteiger partial charge in [0.05, 0.1) is 43.5 Å². The zero-order chi connectivity index (χ0) is 20.7. The highest BCUT2D eigenvalue weighted by Crippen LogP contribution is 2.44. The van der Waals surface area contributed by atoms with E-state index in [1.54, 1.807) is 35.6 Å². The summed E-state index contributed by atoms with van der Waals surface area (Å²) in [7, 11) is 0. The first-order valence-corrected chi connectivity index (χ1v) is 10.6. The van der Waals surface area contributed by atoms with Crippen molar-refractivity contribution < 1.29 is 14.3 Å². The van der Waals surface area contributed by atoms with Gasteiger partial charge in [-0.05, 0) is 6.92 Å². The maximum Gasteiger partial charge on any atom is 0.410 e. The Kier molecular flexibility index (Phi) is 4.83. The van der Waals surface area contributed by atoms with Crippen molar-refractivity contribution in [2.75, 3.05) is 43.5 Å². The molecule has 30 heavy (non-hydrogen) atoms. The smallest absolute Gasteiger partial charge is 0.410 e. The first kappa shape index (κ1) is 18.9. The van der Waals surface area contributed by atoms with Gasteiger partial charge in [-0.25, -0.2) is 24.7 Å². The minimum Gasteiger partial charge on any atom is -0.450 e. The predicted octanol–water partition coefficient (Wildman–Crippen LogP) is 1.99. The quantitative estimate of drug-likeness (QED) is 0.669. The molecule has 1 aromatic heterocycles. The van der Waals surface area contributed by atoms with Crippen molar-refractivity contribution in [2.24, 2.45) is 0 Å². The highest BCUT2D eigenvalue weighted by atomic mass is 32.1. The van der Waals surface area contributed by atoms with Crippen molar-refractivity contribution in [2.45, 2.75) is 20.0 Å². The summed E-state index contributed by atoms with van der Waals surface area (Å²) in [4.78, 5) is 35.1. The summed E-state index contributed by atoms with van der Waals surface area (Å²) in [6.45, 7) is 5.95. The third-order valence-electron chi connectivity index (χ3n) is 5.15. The monoisotopic (exact) mass is 427 g/mol. The van der Waals surface area contributed by atoms with Crippen LogP contribution in [-0.4, -0.2) is 63.8 Å². The molecule has 1 amide bonds. The van der Waals surface area contributed by atoms with Crippen LogP contribution in [0.3, 0.4) is 0 Å². The summed E-state index contributed by atoms with van der Waals surface area (Å²) in [5.74, 6) is 0.213. The molecule has 0 bridgehead atoms. The van der Waals surface area contributed by atoms with Crippen molar-refractivity contribution >= 4 is 28.5 Å². The summed E-state index contributed by atoms with van der Waals surface area (Å²) < 4.78 is 10.7. The molecule has 1 aromatic rings. The minimum absolute atomic E-state index is 0.213. The number of amides is 1. The Morgan fingerprint density at radius 3 is 2.70 bits per heavy atom. The van der Waals surface area contributed by atoms with Crippen molar-refractivity contribution in [1.29, 1.82) is 0 Å². The van der Waals surface area contributed by atoms with Gasteiger partial charge >= 0.3 is 6.09 Å². The number of rotatable bonds is 3. The van der Waals surface area contributed by atoms with E-state index in [0.717, 1.165) is 51.3 Å². The number of nitrogen functional groups attached to an aromatic ring is 1. The van der Waals surface area contributed by atoms with Crippen LogP contribution in [0.5, 0.6) is 0 Å². The number of nitrogens with two attached hydrogens (primary N) is 1. The van der Waals surface area contributed by atoms with Gasteiger partial charge in [0.2, 0.25) is 5.95 Å². The lowest BCUT2D eigenvalue weighted by atomic mass is 10.1. The number of hydrogen-bond acceptors (Lipinski definition) is 10. The molecule has 156 valence electrons. The second-order valence-electron chi connectivity index (χ2n) is 7.04. The molecular weight excluding hydrogens is 406 g/mol. The second-order valence-corrected chi connectivity index (χ2v) is 8.02. The van der Waals surface area contributed by atoms with Crippen LogP contribution in [-0.2, 0) is 22.6 Å². The molecular formula is C19H21N7O3S. The fraction of sp³-hybridized carbons (Fsp3) is 0.421. The van der Waals surface area contributed by atoms with E-state index in [1.807, 2.05) is 0 Å². The van der Waals surface area contributed by atoms with E-state index in [2.05, 4.69) is 14.9 Å². The average molecular weight is 427 g/mol. The Balaban J connectivity index is 1.60. The Morgan fingerprint density at radius 2 is 1.97 bits per heavy atom. The van der Waals surface area contributed by atoms with Gasteiger partial charge in [0.15, 0.2) is 5.13 Å². The molecule has 4 aliphatic rings. The maximum absolute atomic E-state index is 12.2. The van der Waals surface area contributed by atoms with Crippen LogP contribution in [0.1, 0.15) is 18.2 Å². The Morgan fingerprint density at radius 1 is 1.20 bits per heavy atom. The van der Waals surface area contributed by atoms with Gasteiger partial charge in [-0.3, -0.25) is 4.90 Å². The van der Waals surface area contributed by atoms with E-state index in [0.29, 0.717) is 32.9 Å². The van der Waals surface area contributed by atoms with Crippen LogP contribution in [0.25, 0.3) is 21.8 Å². The SMILES string of the molecule is CCOC(=O)N1Cc2nc3c(-c4cnc(N)nc4)nc(N4CCOCC4)sc-3c2C1. The summed E-state index contributed by atoms with van der Waals surface area (Å²) >= 11 is 1.60. The van der Waals surface area contributed by atoms with Gasteiger partial charge in [-0.15, -0.1) is 0 Å². The zero-order valence-corrected chi connectivity index (χ0v) is 17.3. The number of hydrogen-bond donors (Lipinski definition) is 1. The molecule has 11 heteroatoms. The lowest BCUT2D eigenvalue weighted by Crippen LogP contribution is -2.36. The number of aromatic nitrogens is 4. The molecule has 1 fully saturated rings. The molecule has 5 heterocycles. The normalized spacial score (nSPS) is 16.2. The number of nitrogens with zero attached hydrogens (tertiary/aromatic N) is 6. The van der Waals surface area contributed by atoms with Crippen molar-refractivity contribution in [1.82, 2.24) is 24.8 Å². The third kappa shape index (κ3) is 3.29. The van der Waals surface area contributed by atoms with Crippen LogP contribution in [0.2, 0.25) is 0 Å². The van der Waals surface area contributed by atoms with Crippen LogP contribution >= 0.6 is 11.3 Å². The first-order valence-electron chi connectivity index (χ1n) is 9.78. The van der Waals surface area contributed by atoms with Crippen LogP contribution in [0, 0.1) is 0 Å². The van der Waals surface area contributed by atoms with E-state index in [9.17, 15) is 4.79 Å². The molecule has 10 nitrogen and oxygen atoms in total. The van der Waals surface area contributed by atoms with Crippen LogP contribution in [0.15, 0.2) is 12.4 Å². The molecule has 0 atom stereocenters. The maximum atomic E-state index is 12.2. The van der Waals surface area contributed by atoms with Crippen LogP contribution < -0.4 is 10.6 Å². The summed E-state index contributed by atoms with van der Waals surface area (Å²) in [5, 5.41) is 0.891. The highest BCUT2D eigenvalue weighted by Gasteiger charge is 2.34. The van der Waals surface area contributed by atoms with Gasteiger partial charge in [-0.2, -0.15) is 0 Å². The van der Waals surface area contributed by atoms with Gasteiger partial charge in [0.25, 0.3) is 0 Å². The lowest BCUT2D eigenvalue weighted by molar-refractivity contribution is 0.106. The molecule has 2 N–H and O–H groups in total. The molecule has 4 aliphatic heterocycles. The Labute approximate surface area is 177 Å². The van der Waals surface area contributed by atoms with Gasteiger partial charge < -0.3 is 20.1 Å². The summed E-state index contributed by atoms with van der Waals surface area (Å²) in [5.41, 5.74) is 9.89. The van der Waals surface area contributed by atoms with Crippen molar-refractivity contribution in [3.8, 4) is 21.8 Å². The second kappa shape index (κ2) is 7.65. The molecule has 0 spiro atoms. The van der Waals surface area contributed by atoms with E-state index < -0.39 is 0 Å². The molecule has 1 saturated heterocycles. The lowest BCUT2D eigenvalue weighted by Gasteiger charge is -2.28. The molecule has 0 aliphatic carbocycles. The topological polar surface area (TPSA) is 120 Å². The average Bonchev–Trinajstić information content (AvgIpc) is 3.33. The number of carbonyl (C=O) groups excluding carboxylic acids is 1. The molecule has 0 radical (unpaired) electrons. The standard InChI is InChI=1S/C19H21N7O3S/c1-2-29-19(27)26-9-12-13(10-26)23-15-14(11-7-21-17(20)22-8-11)24-18(30-16(12)15)25-3-5-28-6-4-25/h7-8H,2-6,9-10H2,1H3,(H2,20,21,22). The van der Waals surface area contributed by atoms with Gasteiger partial charge in [0, 0.05) is 36.6 Å².